The molecule has 0 amide bonds. The molecule has 1 aliphatic heterocycles. The highest BCUT2D eigenvalue weighted by atomic mass is 16.5. The van der Waals surface area contributed by atoms with Gasteiger partial charge in [0, 0.05) is 6.61 Å². The van der Waals surface area contributed by atoms with Crippen molar-refractivity contribution in [2.24, 2.45) is 17.8 Å². The molecule has 0 aromatic carbocycles. The lowest BCUT2D eigenvalue weighted by Crippen LogP contribution is -2.36. The third-order valence-electron chi connectivity index (χ3n) is 3.09. The molecule has 0 aromatic rings. The number of ether oxygens (including phenoxy) is 1. The molecule has 1 aliphatic rings. The topological polar surface area (TPSA) is 9.23 Å². The molecule has 0 saturated carbocycles. The van der Waals surface area contributed by atoms with Gasteiger partial charge >= 0.3 is 0 Å². The van der Waals surface area contributed by atoms with Crippen molar-refractivity contribution in [2.75, 3.05) is 6.61 Å². The standard InChI is InChI=1S/C9H18O/c1-6-5-10-9(4)8(3)7(6)2/h6-9H,5H2,1-4H3/t6?,7?,8-,9?/m0/s1. The summed E-state index contributed by atoms with van der Waals surface area (Å²) < 4.78 is 5.57. The zero-order chi connectivity index (χ0) is 7.72. The molecule has 4 atom stereocenters. The molecule has 0 bridgehead atoms. The summed E-state index contributed by atoms with van der Waals surface area (Å²) in [5, 5.41) is 0. The SMILES string of the molecule is CC1COC(C)[C@@H](C)C1C. The van der Waals surface area contributed by atoms with Crippen LogP contribution in [0.4, 0.5) is 0 Å². The van der Waals surface area contributed by atoms with E-state index in [-0.39, 0.29) is 0 Å². The minimum absolute atomic E-state index is 0.464. The molecule has 0 radical (unpaired) electrons. The molecule has 3 unspecified atom stereocenters. The van der Waals surface area contributed by atoms with Gasteiger partial charge in [-0.3, -0.25) is 0 Å². The third-order valence-corrected chi connectivity index (χ3v) is 3.09. The maximum absolute atomic E-state index is 5.57. The van der Waals surface area contributed by atoms with E-state index in [1.807, 2.05) is 0 Å². The largest absolute Gasteiger partial charge is 0.378 e. The Bertz CT molecular complexity index is 97.3. The zero-order valence-corrected chi connectivity index (χ0v) is 7.42. The van der Waals surface area contributed by atoms with Crippen LogP contribution in [-0.4, -0.2) is 12.7 Å². The van der Waals surface area contributed by atoms with Crippen molar-refractivity contribution in [3.63, 3.8) is 0 Å². The second-order valence-electron chi connectivity index (χ2n) is 3.73. The summed E-state index contributed by atoms with van der Waals surface area (Å²) >= 11 is 0. The van der Waals surface area contributed by atoms with E-state index in [0.29, 0.717) is 6.10 Å². The lowest BCUT2D eigenvalue weighted by molar-refractivity contribution is -0.0661. The predicted molar refractivity (Wildman–Crippen MR) is 42.9 cm³/mol. The van der Waals surface area contributed by atoms with Crippen molar-refractivity contribution in [1.29, 1.82) is 0 Å². The molecule has 1 heterocycles. The summed E-state index contributed by atoms with van der Waals surface area (Å²) in [7, 11) is 0. The van der Waals surface area contributed by atoms with E-state index < -0.39 is 0 Å². The summed E-state index contributed by atoms with van der Waals surface area (Å²) in [5.74, 6) is 2.29. The van der Waals surface area contributed by atoms with Gasteiger partial charge in [0.25, 0.3) is 0 Å². The predicted octanol–water partition coefficient (Wildman–Crippen LogP) is 2.31. The van der Waals surface area contributed by atoms with Crippen LogP contribution in [0.1, 0.15) is 27.7 Å². The Hall–Kier alpha value is -0.0400. The monoisotopic (exact) mass is 142 g/mol. The van der Waals surface area contributed by atoms with Crippen molar-refractivity contribution in [3.05, 3.63) is 0 Å². The minimum atomic E-state index is 0.464. The van der Waals surface area contributed by atoms with Crippen LogP contribution in [-0.2, 0) is 4.74 Å². The molecule has 1 saturated heterocycles. The van der Waals surface area contributed by atoms with E-state index in [4.69, 9.17) is 4.74 Å². The van der Waals surface area contributed by atoms with Crippen molar-refractivity contribution < 1.29 is 4.74 Å². The second kappa shape index (κ2) is 2.91. The van der Waals surface area contributed by atoms with E-state index in [1.165, 1.54) is 0 Å². The highest BCUT2D eigenvalue weighted by Crippen LogP contribution is 2.29. The maximum atomic E-state index is 5.57. The smallest absolute Gasteiger partial charge is 0.0575 e. The van der Waals surface area contributed by atoms with Gasteiger partial charge in [-0.2, -0.15) is 0 Å². The molecule has 1 fully saturated rings. The maximum Gasteiger partial charge on any atom is 0.0575 e. The van der Waals surface area contributed by atoms with Gasteiger partial charge in [0.1, 0.15) is 0 Å². The summed E-state index contributed by atoms with van der Waals surface area (Å²) in [6.07, 6.45) is 0.464. The Morgan fingerprint density at radius 2 is 1.60 bits per heavy atom. The summed E-state index contributed by atoms with van der Waals surface area (Å²) in [5.41, 5.74) is 0. The van der Waals surface area contributed by atoms with Crippen LogP contribution in [0.25, 0.3) is 0 Å². The first-order valence-electron chi connectivity index (χ1n) is 4.24. The Morgan fingerprint density at radius 1 is 1.00 bits per heavy atom. The molecule has 60 valence electrons. The van der Waals surface area contributed by atoms with Crippen molar-refractivity contribution >= 4 is 0 Å². The van der Waals surface area contributed by atoms with Crippen molar-refractivity contribution in [3.8, 4) is 0 Å². The van der Waals surface area contributed by atoms with Gasteiger partial charge in [0.2, 0.25) is 0 Å². The van der Waals surface area contributed by atoms with Crippen LogP contribution in [0, 0.1) is 17.8 Å². The molecular weight excluding hydrogens is 124 g/mol. The molecule has 1 heteroatoms. The van der Waals surface area contributed by atoms with Gasteiger partial charge in [0.15, 0.2) is 0 Å². The number of rotatable bonds is 0. The van der Waals surface area contributed by atoms with Crippen LogP contribution >= 0.6 is 0 Å². The fraction of sp³-hybridized carbons (Fsp3) is 1.00. The first-order chi connectivity index (χ1) is 4.63. The highest BCUT2D eigenvalue weighted by Gasteiger charge is 2.29. The molecule has 0 aromatic heterocycles. The van der Waals surface area contributed by atoms with Gasteiger partial charge in [0.05, 0.1) is 6.10 Å². The fourth-order valence-corrected chi connectivity index (χ4v) is 1.55. The summed E-state index contributed by atoms with van der Waals surface area (Å²) in [6.45, 7) is 10.0. The minimum Gasteiger partial charge on any atom is -0.378 e. The normalized spacial score (nSPS) is 49.2. The van der Waals surface area contributed by atoms with Crippen molar-refractivity contribution in [1.82, 2.24) is 0 Å². The zero-order valence-electron chi connectivity index (χ0n) is 7.42. The molecule has 0 N–H and O–H groups in total. The van der Waals surface area contributed by atoms with Gasteiger partial charge < -0.3 is 4.74 Å². The summed E-state index contributed by atoms with van der Waals surface area (Å²) in [6, 6.07) is 0. The lowest BCUT2D eigenvalue weighted by Gasteiger charge is -2.36. The van der Waals surface area contributed by atoms with Gasteiger partial charge in [-0.1, -0.05) is 20.8 Å². The molecule has 1 rings (SSSR count). The lowest BCUT2D eigenvalue weighted by atomic mass is 9.80. The van der Waals surface area contributed by atoms with Crippen molar-refractivity contribution in [2.45, 2.75) is 33.8 Å². The van der Waals surface area contributed by atoms with Crippen LogP contribution in [0.5, 0.6) is 0 Å². The quantitative estimate of drug-likeness (QED) is 0.504. The Labute approximate surface area is 63.8 Å². The highest BCUT2D eigenvalue weighted by molar-refractivity contribution is 4.77. The summed E-state index contributed by atoms with van der Waals surface area (Å²) in [4.78, 5) is 0. The fourth-order valence-electron chi connectivity index (χ4n) is 1.55. The van der Waals surface area contributed by atoms with Gasteiger partial charge in [-0.25, -0.2) is 0 Å². The van der Waals surface area contributed by atoms with E-state index in [1.54, 1.807) is 0 Å². The average Bonchev–Trinajstić information content (AvgIpc) is 1.93. The first kappa shape index (κ1) is 8.06. The average molecular weight is 142 g/mol. The second-order valence-corrected chi connectivity index (χ2v) is 3.73. The first-order valence-corrected chi connectivity index (χ1v) is 4.24. The van der Waals surface area contributed by atoms with E-state index in [9.17, 15) is 0 Å². The number of hydrogen-bond acceptors (Lipinski definition) is 1. The Morgan fingerprint density at radius 3 is 2.10 bits per heavy atom. The third kappa shape index (κ3) is 1.34. The molecule has 1 nitrogen and oxygen atoms in total. The van der Waals surface area contributed by atoms with E-state index in [0.717, 1.165) is 24.4 Å². The van der Waals surface area contributed by atoms with Crippen LogP contribution < -0.4 is 0 Å². The Kier molecular flexibility index (Phi) is 2.35. The molecular formula is C9H18O. The van der Waals surface area contributed by atoms with Gasteiger partial charge in [-0.15, -0.1) is 0 Å². The van der Waals surface area contributed by atoms with E-state index in [2.05, 4.69) is 27.7 Å². The molecule has 0 spiro atoms. The van der Waals surface area contributed by atoms with Crippen LogP contribution in [0.3, 0.4) is 0 Å². The van der Waals surface area contributed by atoms with Crippen LogP contribution in [0.2, 0.25) is 0 Å². The number of hydrogen-bond donors (Lipinski definition) is 0. The van der Waals surface area contributed by atoms with Gasteiger partial charge in [-0.05, 0) is 24.7 Å². The molecule has 10 heavy (non-hydrogen) atoms. The van der Waals surface area contributed by atoms with E-state index >= 15 is 0 Å². The Balaban J connectivity index is 2.52. The van der Waals surface area contributed by atoms with Crippen LogP contribution in [0.15, 0.2) is 0 Å². The molecule has 0 aliphatic carbocycles.